The fourth-order valence-corrected chi connectivity index (χ4v) is 2.37. The Bertz CT molecular complexity index is 429. The minimum atomic E-state index is -3.19. The summed E-state index contributed by atoms with van der Waals surface area (Å²) >= 11 is 0. The molecule has 1 unspecified atom stereocenters. The van der Waals surface area contributed by atoms with Gasteiger partial charge in [0.2, 0.25) is 10.0 Å². The first-order valence-electron chi connectivity index (χ1n) is 5.64. The quantitative estimate of drug-likeness (QED) is 0.833. The third-order valence-corrected chi connectivity index (χ3v) is 3.86. The predicted molar refractivity (Wildman–Crippen MR) is 70.3 cm³/mol. The Labute approximate surface area is 104 Å². The Morgan fingerprint density at radius 3 is 2.29 bits per heavy atom. The fraction of sp³-hybridized carbons (Fsp3) is 0.500. The van der Waals surface area contributed by atoms with E-state index in [1.807, 2.05) is 49.3 Å². The van der Waals surface area contributed by atoms with Gasteiger partial charge in [-0.3, -0.25) is 0 Å². The summed E-state index contributed by atoms with van der Waals surface area (Å²) in [6.07, 6.45) is 0. The maximum absolute atomic E-state index is 11.6. The molecule has 5 heteroatoms. The molecule has 0 aliphatic carbocycles. The summed E-state index contributed by atoms with van der Waals surface area (Å²) in [5.41, 5.74) is 0.984. The molecular weight excluding hydrogens is 236 g/mol. The topological polar surface area (TPSA) is 49.4 Å². The van der Waals surface area contributed by atoms with Gasteiger partial charge < -0.3 is 4.90 Å². The van der Waals surface area contributed by atoms with E-state index in [0.717, 1.165) is 5.56 Å². The van der Waals surface area contributed by atoms with Gasteiger partial charge in [0.05, 0.1) is 11.8 Å². The van der Waals surface area contributed by atoms with E-state index in [1.54, 1.807) is 6.92 Å². The summed E-state index contributed by atoms with van der Waals surface area (Å²) in [7, 11) is 0.664. The van der Waals surface area contributed by atoms with Crippen molar-refractivity contribution in [3.8, 4) is 0 Å². The van der Waals surface area contributed by atoms with Crippen LogP contribution in [0.1, 0.15) is 18.5 Å². The summed E-state index contributed by atoms with van der Waals surface area (Å²) < 4.78 is 26.0. The molecule has 1 aromatic rings. The van der Waals surface area contributed by atoms with Crippen LogP contribution in [-0.2, 0) is 10.0 Å². The van der Waals surface area contributed by atoms with Crippen LogP contribution in [0.5, 0.6) is 0 Å². The molecule has 0 fully saturated rings. The summed E-state index contributed by atoms with van der Waals surface area (Å²) in [6.45, 7) is 2.28. The summed E-state index contributed by atoms with van der Waals surface area (Å²) in [6, 6.07) is 9.43. The lowest BCUT2D eigenvalue weighted by Crippen LogP contribution is -2.36. The lowest BCUT2D eigenvalue weighted by Gasteiger charge is -2.22. The van der Waals surface area contributed by atoms with Gasteiger partial charge in [0, 0.05) is 6.54 Å². The van der Waals surface area contributed by atoms with Crippen LogP contribution in [0, 0.1) is 0 Å². The van der Waals surface area contributed by atoms with E-state index in [1.165, 1.54) is 0 Å². The first kappa shape index (κ1) is 14.2. The molecule has 1 rings (SSSR count). The van der Waals surface area contributed by atoms with E-state index in [4.69, 9.17) is 0 Å². The van der Waals surface area contributed by atoms with Crippen molar-refractivity contribution in [1.82, 2.24) is 9.62 Å². The van der Waals surface area contributed by atoms with E-state index in [-0.39, 0.29) is 11.8 Å². The number of benzene rings is 1. The van der Waals surface area contributed by atoms with Crippen molar-refractivity contribution in [3.63, 3.8) is 0 Å². The van der Waals surface area contributed by atoms with Crippen LogP contribution in [0.3, 0.4) is 0 Å². The zero-order valence-corrected chi connectivity index (χ0v) is 11.4. The second kappa shape index (κ2) is 6.14. The van der Waals surface area contributed by atoms with Crippen molar-refractivity contribution < 1.29 is 8.42 Å². The van der Waals surface area contributed by atoms with Gasteiger partial charge in [-0.15, -0.1) is 0 Å². The van der Waals surface area contributed by atoms with Crippen LogP contribution in [0.15, 0.2) is 30.3 Å². The molecule has 0 aliphatic heterocycles. The zero-order valence-electron chi connectivity index (χ0n) is 10.6. The number of nitrogens with one attached hydrogen (secondary N) is 1. The summed E-state index contributed by atoms with van der Waals surface area (Å²) in [5.74, 6) is 0.101. The molecule has 0 bridgehead atoms. The average molecular weight is 256 g/mol. The number of likely N-dealkylation sites (N-methyl/N-ethyl adjacent to an activating group) is 1. The smallest absolute Gasteiger partial charge is 0.211 e. The zero-order chi connectivity index (χ0) is 12.9. The molecule has 0 amide bonds. The number of nitrogens with zero attached hydrogens (tertiary/aromatic N) is 1. The van der Waals surface area contributed by atoms with E-state index >= 15 is 0 Å². The van der Waals surface area contributed by atoms with Crippen LogP contribution in [0.25, 0.3) is 0 Å². The molecule has 0 heterocycles. The van der Waals surface area contributed by atoms with Crippen molar-refractivity contribution in [2.75, 3.05) is 26.4 Å². The van der Waals surface area contributed by atoms with E-state index in [0.29, 0.717) is 6.54 Å². The fourth-order valence-electron chi connectivity index (χ4n) is 1.56. The van der Waals surface area contributed by atoms with Gasteiger partial charge in [-0.2, -0.15) is 0 Å². The highest BCUT2D eigenvalue weighted by atomic mass is 32.2. The number of sulfonamides is 1. The molecule has 1 atom stereocenters. The van der Waals surface area contributed by atoms with Crippen LogP contribution in [0.4, 0.5) is 0 Å². The molecule has 4 nitrogen and oxygen atoms in total. The molecule has 1 aromatic carbocycles. The van der Waals surface area contributed by atoms with Gasteiger partial charge in [0.25, 0.3) is 0 Å². The van der Waals surface area contributed by atoms with Crippen molar-refractivity contribution in [2.45, 2.75) is 13.0 Å². The maximum atomic E-state index is 11.6. The minimum Gasteiger partial charge on any atom is -0.307 e. The largest absolute Gasteiger partial charge is 0.307 e. The normalized spacial score (nSPS) is 13.9. The van der Waals surface area contributed by atoms with Crippen molar-refractivity contribution >= 4 is 10.0 Å². The van der Waals surface area contributed by atoms with Gasteiger partial charge in [-0.05, 0) is 26.6 Å². The van der Waals surface area contributed by atoms with E-state index in [9.17, 15) is 8.42 Å². The standard InChI is InChI=1S/C12H20N2O2S/c1-4-17(15,16)13-12(10-14(2)3)11-8-6-5-7-9-11/h5-9,12-13H,4,10H2,1-3H3. The van der Waals surface area contributed by atoms with Gasteiger partial charge in [-0.1, -0.05) is 30.3 Å². The number of rotatable bonds is 6. The van der Waals surface area contributed by atoms with Gasteiger partial charge in [-0.25, -0.2) is 13.1 Å². The molecule has 1 N–H and O–H groups in total. The second-order valence-corrected chi connectivity index (χ2v) is 6.29. The first-order valence-corrected chi connectivity index (χ1v) is 7.29. The molecule has 96 valence electrons. The molecule has 0 saturated heterocycles. The van der Waals surface area contributed by atoms with Crippen LogP contribution < -0.4 is 4.72 Å². The predicted octanol–water partition coefficient (Wildman–Crippen LogP) is 1.23. The van der Waals surface area contributed by atoms with Gasteiger partial charge >= 0.3 is 0 Å². The minimum absolute atomic E-state index is 0.101. The molecule has 0 spiro atoms. The van der Waals surface area contributed by atoms with Crippen LogP contribution >= 0.6 is 0 Å². The van der Waals surface area contributed by atoms with Gasteiger partial charge in [0.15, 0.2) is 0 Å². The molecule has 0 aromatic heterocycles. The summed E-state index contributed by atoms with van der Waals surface area (Å²) in [4.78, 5) is 1.97. The summed E-state index contributed by atoms with van der Waals surface area (Å²) in [5, 5.41) is 0. The Morgan fingerprint density at radius 1 is 1.24 bits per heavy atom. The monoisotopic (exact) mass is 256 g/mol. The highest BCUT2D eigenvalue weighted by Crippen LogP contribution is 2.14. The SMILES string of the molecule is CCS(=O)(=O)NC(CN(C)C)c1ccccc1. The van der Waals surface area contributed by atoms with Crippen LogP contribution in [0.2, 0.25) is 0 Å². The average Bonchev–Trinajstić information content (AvgIpc) is 2.28. The number of hydrogen-bond donors (Lipinski definition) is 1. The lowest BCUT2D eigenvalue weighted by molar-refractivity contribution is 0.363. The Morgan fingerprint density at radius 2 is 1.82 bits per heavy atom. The molecular formula is C12H20N2O2S. The molecule has 0 aliphatic rings. The van der Waals surface area contributed by atoms with E-state index < -0.39 is 10.0 Å². The molecule has 0 radical (unpaired) electrons. The van der Waals surface area contributed by atoms with Crippen molar-refractivity contribution in [1.29, 1.82) is 0 Å². The van der Waals surface area contributed by atoms with Gasteiger partial charge in [0.1, 0.15) is 0 Å². The molecule has 0 saturated carbocycles. The Balaban J connectivity index is 2.89. The van der Waals surface area contributed by atoms with Crippen molar-refractivity contribution in [2.24, 2.45) is 0 Å². The molecule has 17 heavy (non-hydrogen) atoms. The Kier molecular flexibility index (Phi) is 5.11. The maximum Gasteiger partial charge on any atom is 0.211 e. The highest BCUT2D eigenvalue weighted by Gasteiger charge is 2.18. The van der Waals surface area contributed by atoms with Crippen LogP contribution in [-0.4, -0.2) is 39.7 Å². The first-order chi connectivity index (χ1) is 7.94. The van der Waals surface area contributed by atoms with Crippen molar-refractivity contribution in [3.05, 3.63) is 35.9 Å². The Hall–Kier alpha value is -0.910. The number of hydrogen-bond acceptors (Lipinski definition) is 3. The third-order valence-electron chi connectivity index (χ3n) is 2.45. The second-order valence-electron chi connectivity index (χ2n) is 4.25. The third kappa shape index (κ3) is 4.85. The highest BCUT2D eigenvalue weighted by molar-refractivity contribution is 7.89. The lowest BCUT2D eigenvalue weighted by atomic mass is 10.1. The van der Waals surface area contributed by atoms with E-state index in [2.05, 4.69) is 4.72 Å².